The van der Waals surface area contributed by atoms with E-state index in [-0.39, 0.29) is 17.2 Å². The van der Waals surface area contributed by atoms with E-state index in [2.05, 4.69) is 15.6 Å². The molecule has 2 fully saturated rings. The molecule has 120 valence electrons. The zero-order valence-electron chi connectivity index (χ0n) is 12.3. The average Bonchev–Trinajstić information content (AvgIpc) is 3.25. The van der Waals surface area contributed by atoms with E-state index in [1.54, 1.807) is 0 Å². The molecule has 2 aliphatic heterocycles. The molecule has 1 amide bonds. The molecule has 0 radical (unpaired) electrons. The number of oxazole rings is 1. The molecular weight excluding hydrogens is 334 g/mol. The Labute approximate surface area is 143 Å². The van der Waals surface area contributed by atoms with Gasteiger partial charge >= 0.3 is 0 Å². The fourth-order valence-electron chi connectivity index (χ4n) is 3.30. The fraction of sp³-hybridized carbons (Fsp3) is 0.375. The molecule has 2 aliphatic rings. The maximum Gasteiger partial charge on any atom is 0.261 e. The molecule has 0 aliphatic carbocycles. The molecule has 5 nitrogen and oxygen atoms in total. The summed E-state index contributed by atoms with van der Waals surface area (Å²) in [7, 11) is 0. The third-order valence-electron chi connectivity index (χ3n) is 4.39. The van der Waals surface area contributed by atoms with E-state index < -0.39 is 0 Å². The van der Waals surface area contributed by atoms with Crippen LogP contribution in [-0.2, 0) is 0 Å². The number of aromatic nitrogens is 1. The van der Waals surface area contributed by atoms with Gasteiger partial charge in [0.2, 0.25) is 5.22 Å². The summed E-state index contributed by atoms with van der Waals surface area (Å²) in [6.07, 6.45) is 4.89. The lowest BCUT2D eigenvalue weighted by atomic mass is 9.95. The molecule has 23 heavy (non-hydrogen) atoms. The molecule has 0 unspecified atom stereocenters. The van der Waals surface area contributed by atoms with Gasteiger partial charge in [0.15, 0.2) is 0 Å². The van der Waals surface area contributed by atoms with Gasteiger partial charge in [-0.05, 0) is 66.9 Å². The second-order valence-electron chi connectivity index (χ2n) is 5.92. The predicted molar refractivity (Wildman–Crippen MR) is 87.9 cm³/mol. The molecule has 2 saturated heterocycles. The number of amides is 1. The van der Waals surface area contributed by atoms with Gasteiger partial charge in [-0.2, -0.15) is 0 Å². The number of benzene rings is 1. The van der Waals surface area contributed by atoms with E-state index in [4.69, 9.17) is 16.0 Å². The van der Waals surface area contributed by atoms with Crippen LogP contribution in [-0.4, -0.2) is 29.0 Å². The summed E-state index contributed by atoms with van der Waals surface area (Å²) in [5.74, 6) is -0.0138. The highest BCUT2D eigenvalue weighted by Crippen LogP contribution is 2.30. The first-order chi connectivity index (χ1) is 11.2. The Kier molecular flexibility index (Phi) is 4.05. The molecule has 3 atom stereocenters. The highest BCUT2D eigenvalue weighted by atomic mass is 35.5. The molecule has 2 bridgehead atoms. The van der Waals surface area contributed by atoms with Crippen LogP contribution < -0.4 is 10.6 Å². The lowest BCUT2D eigenvalue weighted by Gasteiger charge is -2.21. The average molecular weight is 350 g/mol. The summed E-state index contributed by atoms with van der Waals surface area (Å²) in [6.45, 7) is 0. The van der Waals surface area contributed by atoms with Crippen molar-refractivity contribution >= 4 is 29.3 Å². The summed E-state index contributed by atoms with van der Waals surface area (Å²) in [5.41, 5.74) is 0.669. The van der Waals surface area contributed by atoms with E-state index in [1.807, 2.05) is 24.3 Å². The van der Waals surface area contributed by atoms with E-state index in [1.165, 1.54) is 24.4 Å². The van der Waals surface area contributed by atoms with Crippen molar-refractivity contribution < 1.29 is 9.21 Å². The van der Waals surface area contributed by atoms with Gasteiger partial charge in [0, 0.05) is 28.6 Å². The normalized spacial score (nSPS) is 25.7. The minimum absolute atomic E-state index is 0.0138. The first-order valence-electron chi connectivity index (χ1n) is 7.63. The second-order valence-corrected chi connectivity index (χ2v) is 7.32. The summed E-state index contributed by atoms with van der Waals surface area (Å²) in [5, 5.41) is 7.42. The largest absolute Gasteiger partial charge is 0.419 e. The van der Waals surface area contributed by atoms with Gasteiger partial charge in [0.1, 0.15) is 0 Å². The van der Waals surface area contributed by atoms with Crippen molar-refractivity contribution in [3.05, 3.63) is 41.2 Å². The van der Waals surface area contributed by atoms with E-state index in [0.29, 0.717) is 22.9 Å². The number of halogens is 1. The van der Waals surface area contributed by atoms with Crippen LogP contribution in [0, 0.1) is 0 Å². The minimum atomic E-state index is -0.0138. The lowest BCUT2D eigenvalue weighted by Crippen LogP contribution is -2.42. The van der Waals surface area contributed by atoms with Crippen molar-refractivity contribution in [3.63, 3.8) is 0 Å². The Bertz CT molecular complexity index is 718. The van der Waals surface area contributed by atoms with Crippen LogP contribution in [0.4, 0.5) is 0 Å². The van der Waals surface area contributed by atoms with Crippen molar-refractivity contribution in [1.82, 2.24) is 15.6 Å². The van der Waals surface area contributed by atoms with Crippen molar-refractivity contribution in [2.24, 2.45) is 0 Å². The first-order valence-corrected chi connectivity index (χ1v) is 8.83. The molecule has 1 aromatic heterocycles. The predicted octanol–water partition coefficient (Wildman–Crippen LogP) is 3.10. The van der Waals surface area contributed by atoms with Crippen molar-refractivity contribution in [2.75, 3.05) is 0 Å². The summed E-state index contributed by atoms with van der Waals surface area (Å²) in [4.78, 5) is 17.3. The highest BCUT2D eigenvalue weighted by Gasteiger charge is 2.39. The monoisotopic (exact) mass is 349 g/mol. The number of hydrogen-bond donors (Lipinski definition) is 2. The van der Waals surface area contributed by atoms with E-state index in [9.17, 15) is 4.79 Å². The van der Waals surface area contributed by atoms with Gasteiger partial charge in [-0.15, -0.1) is 0 Å². The summed E-state index contributed by atoms with van der Waals surface area (Å²) < 4.78 is 5.21. The van der Waals surface area contributed by atoms with E-state index >= 15 is 0 Å². The second kappa shape index (κ2) is 6.19. The van der Waals surface area contributed by atoms with Crippen LogP contribution in [0.3, 0.4) is 0 Å². The molecule has 4 rings (SSSR count). The van der Waals surface area contributed by atoms with Crippen LogP contribution in [0.5, 0.6) is 0 Å². The lowest BCUT2D eigenvalue weighted by molar-refractivity contribution is 0.0931. The van der Waals surface area contributed by atoms with Crippen molar-refractivity contribution in [3.8, 4) is 0 Å². The Balaban J connectivity index is 1.38. The number of fused-ring (bicyclic) bond motifs is 2. The molecule has 1 aromatic carbocycles. The van der Waals surface area contributed by atoms with Crippen molar-refractivity contribution in [2.45, 2.75) is 47.5 Å². The number of rotatable bonds is 4. The topological polar surface area (TPSA) is 67.2 Å². The third-order valence-corrected chi connectivity index (χ3v) is 5.44. The van der Waals surface area contributed by atoms with Crippen LogP contribution in [0.25, 0.3) is 0 Å². The summed E-state index contributed by atoms with van der Waals surface area (Å²) in [6, 6.07) is 8.69. The van der Waals surface area contributed by atoms with Crippen LogP contribution in [0.1, 0.15) is 29.6 Å². The van der Waals surface area contributed by atoms with Gasteiger partial charge in [-0.1, -0.05) is 0 Å². The highest BCUT2D eigenvalue weighted by molar-refractivity contribution is 7.99. The fourth-order valence-corrected chi connectivity index (χ4v) is 4.18. The van der Waals surface area contributed by atoms with Crippen LogP contribution in [0.15, 0.2) is 45.0 Å². The summed E-state index contributed by atoms with van der Waals surface area (Å²) >= 11 is 7.07. The molecular formula is C16H16ClN3O2S. The van der Waals surface area contributed by atoms with Gasteiger partial charge in [-0.3, -0.25) is 4.79 Å². The number of nitrogens with one attached hydrogen (secondary N) is 2. The zero-order valence-corrected chi connectivity index (χ0v) is 13.9. The molecule has 2 N–H and O–H groups in total. The minimum Gasteiger partial charge on any atom is -0.419 e. The number of carbonyl (C=O) groups excluding carboxylic acids is 1. The maximum absolute atomic E-state index is 12.4. The zero-order chi connectivity index (χ0) is 15.8. The van der Waals surface area contributed by atoms with Gasteiger partial charge in [-0.25, -0.2) is 4.98 Å². The first kappa shape index (κ1) is 15.1. The third kappa shape index (κ3) is 3.24. The molecule has 7 heteroatoms. The molecule has 3 heterocycles. The van der Waals surface area contributed by atoms with Gasteiger partial charge < -0.3 is 15.1 Å². The molecule has 2 aromatic rings. The maximum atomic E-state index is 12.4. The standard InChI is InChI=1S/C16H16ClN3O2S/c17-14-8-18-16(22-14)23-11-4-1-9(2-5-11)15(21)20-13-7-10-3-6-12(13)19-10/h1-2,4-5,8,10,12-13,19H,3,6-7H2,(H,20,21)/t10-,12+,13-/m1/s1. The quantitative estimate of drug-likeness (QED) is 0.887. The number of nitrogens with zero attached hydrogens (tertiary/aromatic N) is 1. The number of carbonyl (C=O) groups is 1. The Hall–Kier alpha value is -1.50. The van der Waals surface area contributed by atoms with Crippen LogP contribution in [0.2, 0.25) is 5.22 Å². The number of hydrogen-bond acceptors (Lipinski definition) is 5. The smallest absolute Gasteiger partial charge is 0.261 e. The van der Waals surface area contributed by atoms with Crippen molar-refractivity contribution in [1.29, 1.82) is 0 Å². The van der Waals surface area contributed by atoms with Gasteiger partial charge in [0.05, 0.1) is 6.20 Å². The van der Waals surface area contributed by atoms with E-state index in [0.717, 1.165) is 17.7 Å². The van der Waals surface area contributed by atoms with Crippen LogP contribution >= 0.6 is 23.4 Å². The SMILES string of the molecule is O=C(N[C@@H]1C[C@H]2CC[C@@H]1N2)c1ccc(Sc2ncc(Cl)o2)cc1. The Morgan fingerprint density at radius 2 is 2.17 bits per heavy atom. The Morgan fingerprint density at radius 1 is 1.35 bits per heavy atom. The molecule has 0 saturated carbocycles. The Morgan fingerprint density at radius 3 is 2.78 bits per heavy atom. The molecule has 0 spiro atoms. The van der Waals surface area contributed by atoms with Gasteiger partial charge in [0.25, 0.3) is 11.1 Å².